The van der Waals surface area contributed by atoms with Crippen LogP contribution in [-0.4, -0.2) is 80.5 Å². The van der Waals surface area contributed by atoms with E-state index in [0.717, 1.165) is 43.8 Å². The van der Waals surface area contributed by atoms with Crippen molar-refractivity contribution in [2.24, 2.45) is 0 Å². The number of benzene rings is 3. The number of nitrogens with zero attached hydrogens (tertiary/aromatic N) is 6. The van der Waals surface area contributed by atoms with Crippen molar-refractivity contribution in [3.05, 3.63) is 101 Å². The van der Waals surface area contributed by atoms with Crippen LogP contribution in [0.25, 0.3) is 16.7 Å². The molecule has 220 valence electrons. The van der Waals surface area contributed by atoms with Crippen molar-refractivity contribution < 1.29 is 9.59 Å². The van der Waals surface area contributed by atoms with E-state index in [1.807, 2.05) is 58.7 Å². The van der Waals surface area contributed by atoms with E-state index in [1.54, 1.807) is 12.1 Å². The van der Waals surface area contributed by atoms with Gasteiger partial charge in [-0.1, -0.05) is 48.5 Å². The molecular weight excluding hydrogens is 540 g/mol. The minimum Gasteiger partial charge on any atom is -0.367 e. The molecule has 1 aliphatic heterocycles. The molecule has 2 amide bonds. The number of hydrogen-bond donors (Lipinski definition) is 2. The number of amides is 2. The van der Waals surface area contributed by atoms with E-state index < -0.39 is 0 Å². The van der Waals surface area contributed by atoms with E-state index in [9.17, 15) is 9.59 Å². The highest BCUT2D eigenvalue weighted by atomic mass is 16.2. The Bertz CT molecular complexity index is 1710. The van der Waals surface area contributed by atoms with Crippen molar-refractivity contribution in [3.63, 3.8) is 0 Å². The summed E-state index contributed by atoms with van der Waals surface area (Å²) in [5, 5.41) is 15.0. The van der Waals surface area contributed by atoms with Crippen molar-refractivity contribution in [1.29, 1.82) is 0 Å². The van der Waals surface area contributed by atoms with Gasteiger partial charge in [0, 0.05) is 56.9 Å². The number of rotatable bonds is 10. The maximum Gasteiger partial charge on any atom is 0.254 e. The van der Waals surface area contributed by atoms with Crippen molar-refractivity contribution >= 4 is 34.3 Å². The molecule has 2 N–H and O–H groups in total. The summed E-state index contributed by atoms with van der Waals surface area (Å²) in [7, 11) is 0. The predicted octanol–water partition coefficient (Wildman–Crippen LogP) is 4.17. The fourth-order valence-electron chi connectivity index (χ4n) is 5.51. The lowest BCUT2D eigenvalue weighted by Gasteiger charge is -2.34. The SMILES string of the molecule is Cc1nnc2c(NCCCCNC(=O)c3ccccc3)nc3cc(C(=O)N4CCN(Cc5ccccc5)CC4)ccc3n12. The summed E-state index contributed by atoms with van der Waals surface area (Å²) in [6, 6.07) is 25.3. The molecule has 3 aromatic carbocycles. The molecule has 0 saturated carbocycles. The average Bonchev–Trinajstić information content (AvgIpc) is 3.45. The number of anilines is 1. The van der Waals surface area contributed by atoms with Crippen LogP contribution in [0.3, 0.4) is 0 Å². The predicted molar refractivity (Wildman–Crippen MR) is 167 cm³/mol. The molecule has 1 fully saturated rings. The second kappa shape index (κ2) is 13.0. The Morgan fingerprint density at radius 2 is 1.53 bits per heavy atom. The number of hydrogen-bond acceptors (Lipinski definition) is 7. The third kappa shape index (κ3) is 6.49. The highest BCUT2D eigenvalue weighted by molar-refractivity contribution is 5.98. The van der Waals surface area contributed by atoms with Gasteiger partial charge in [0.15, 0.2) is 5.82 Å². The normalized spacial score (nSPS) is 13.8. The second-order valence-electron chi connectivity index (χ2n) is 10.9. The summed E-state index contributed by atoms with van der Waals surface area (Å²) in [6.45, 7) is 7.13. The van der Waals surface area contributed by atoms with Crippen LogP contribution in [0.4, 0.5) is 5.82 Å². The highest BCUT2D eigenvalue weighted by Gasteiger charge is 2.23. The summed E-state index contributed by atoms with van der Waals surface area (Å²) in [5.41, 5.74) is 4.79. The maximum absolute atomic E-state index is 13.5. The van der Waals surface area contributed by atoms with Crippen LogP contribution in [0.5, 0.6) is 0 Å². The quantitative estimate of drug-likeness (QED) is 0.240. The Balaban J connectivity index is 1.09. The van der Waals surface area contributed by atoms with Gasteiger partial charge < -0.3 is 15.5 Å². The van der Waals surface area contributed by atoms with Crippen LogP contribution in [0.2, 0.25) is 0 Å². The number of aromatic nitrogens is 4. The fraction of sp³-hybridized carbons (Fsp3) is 0.303. The first-order valence-corrected chi connectivity index (χ1v) is 14.8. The van der Waals surface area contributed by atoms with Gasteiger partial charge in [0.25, 0.3) is 11.8 Å². The minimum absolute atomic E-state index is 0.0238. The lowest BCUT2D eigenvalue weighted by molar-refractivity contribution is 0.0628. The largest absolute Gasteiger partial charge is 0.367 e. The molecule has 2 aromatic heterocycles. The van der Waals surface area contributed by atoms with E-state index in [2.05, 4.69) is 50.0 Å². The molecule has 0 aliphatic carbocycles. The number of unbranched alkanes of at least 4 members (excludes halogenated alkanes) is 1. The number of carbonyl (C=O) groups is 2. The highest BCUT2D eigenvalue weighted by Crippen LogP contribution is 2.24. The molecule has 6 rings (SSSR count). The summed E-state index contributed by atoms with van der Waals surface area (Å²) in [6.07, 6.45) is 1.65. The third-order valence-corrected chi connectivity index (χ3v) is 7.86. The van der Waals surface area contributed by atoms with Crippen molar-refractivity contribution in [2.75, 3.05) is 44.6 Å². The van der Waals surface area contributed by atoms with E-state index in [-0.39, 0.29) is 11.8 Å². The fourth-order valence-corrected chi connectivity index (χ4v) is 5.51. The number of carbonyl (C=O) groups excluding carboxylic acids is 2. The van der Waals surface area contributed by atoms with E-state index >= 15 is 0 Å². The number of nitrogens with one attached hydrogen (secondary N) is 2. The van der Waals surface area contributed by atoms with Gasteiger partial charge in [-0.05, 0) is 55.7 Å². The smallest absolute Gasteiger partial charge is 0.254 e. The first-order chi connectivity index (χ1) is 21.1. The van der Waals surface area contributed by atoms with Crippen molar-refractivity contribution in [1.82, 2.24) is 34.7 Å². The zero-order valence-electron chi connectivity index (χ0n) is 24.4. The van der Waals surface area contributed by atoms with Crippen LogP contribution < -0.4 is 10.6 Å². The van der Waals surface area contributed by atoms with E-state index in [4.69, 9.17) is 4.98 Å². The van der Waals surface area contributed by atoms with Gasteiger partial charge in [-0.15, -0.1) is 10.2 Å². The van der Waals surface area contributed by atoms with Gasteiger partial charge in [0.05, 0.1) is 11.0 Å². The molecule has 5 aromatic rings. The minimum atomic E-state index is -0.0650. The Kier molecular flexibility index (Phi) is 8.55. The molecule has 0 radical (unpaired) electrons. The molecular formula is C33H36N8O2. The van der Waals surface area contributed by atoms with Crippen LogP contribution in [0.1, 0.15) is 44.9 Å². The Morgan fingerprint density at radius 1 is 0.814 bits per heavy atom. The van der Waals surface area contributed by atoms with Crippen LogP contribution in [-0.2, 0) is 6.54 Å². The standard InChI is InChI=1S/C33H36N8O2/c1-24-37-38-31-30(34-16-8-9-17-35-32(42)26-12-6-3-7-13-26)36-28-22-27(14-15-29(28)41(24)31)33(43)40-20-18-39(19-21-40)23-25-10-4-2-5-11-25/h2-7,10-15,22H,8-9,16-21,23H2,1H3,(H,34,36)(H,35,42). The van der Waals surface area contributed by atoms with Gasteiger partial charge >= 0.3 is 0 Å². The Hall–Kier alpha value is -4.83. The molecule has 10 heteroatoms. The number of aryl methyl sites for hydroxylation is 1. The molecule has 0 atom stereocenters. The average molecular weight is 577 g/mol. The summed E-state index contributed by atoms with van der Waals surface area (Å²) in [5.74, 6) is 1.34. The molecule has 0 unspecified atom stereocenters. The lowest BCUT2D eigenvalue weighted by atomic mass is 10.1. The van der Waals surface area contributed by atoms with Gasteiger partial charge in [-0.2, -0.15) is 0 Å². The molecule has 3 heterocycles. The zero-order chi connectivity index (χ0) is 29.6. The summed E-state index contributed by atoms with van der Waals surface area (Å²) < 4.78 is 1.97. The molecule has 1 saturated heterocycles. The second-order valence-corrected chi connectivity index (χ2v) is 10.9. The summed E-state index contributed by atoms with van der Waals surface area (Å²) >= 11 is 0. The van der Waals surface area contributed by atoms with E-state index in [0.29, 0.717) is 54.3 Å². The molecule has 0 spiro atoms. The maximum atomic E-state index is 13.5. The first kappa shape index (κ1) is 28.3. The topological polar surface area (TPSA) is 108 Å². The molecule has 10 nitrogen and oxygen atoms in total. The van der Waals surface area contributed by atoms with Crippen molar-refractivity contribution in [3.8, 4) is 0 Å². The lowest BCUT2D eigenvalue weighted by Crippen LogP contribution is -2.48. The molecule has 0 bridgehead atoms. The van der Waals surface area contributed by atoms with Crippen LogP contribution >= 0.6 is 0 Å². The van der Waals surface area contributed by atoms with Gasteiger partial charge in [-0.25, -0.2) is 4.98 Å². The zero-order valence-corrected chi connectivity index (χ0v) is 24.4. The Labute approximate surface area is 250 Å². The van der Waals surface area contributed by atoms with Crippen LogP contribution in [0, 0.1) is 6.92 Å². The third-order valence-electron chi connectivity index (χ3n) is 7.86. The number of piperazine rings is 1. The van der Waals surface area contributed by atoms with E-state index in [1.165, 1.54) is 5.56 Å². The van der Waals surface area contributed by atoms with Gasteiger partial charge in [-0.3, -0.25) is 18.9 Å². The number of fused-ring (bicyclic) bond motifs is 3. The first-order valence-electron chi connectivity index (χ1n) is 14.8. The van der Waals surface area contributed by atoms with Gasteiger partial charge in [0.1, 0.15) is 5.82 Å². The van der Waals surface area contributed by atoms with Gasteiger partial charge in [0.2, 0.25) is 5.65 Å². The summed E-state index contributed by atoms with van der Waals surface area (Å²) in [4.78, 5) is 34.9. The molecule has 1 aliphatic rings. The van der Waals surface area contributed by atoms with Crippen LogP contribution in [0.15, 0.2) is 78.9 Å². The Morgan fingerprint density at radius 3 is 2.30 bits per heavy atom. The monoisotopic (exact) mass is 576 g/mol. The molecule has 43 heavy (non-hydrogen) atoms. The van der Waals surface area contributed by atoms with Crippen molar-refractivity contribution in [2.45, 2.75) is 26.3 Å².